The molecular formula is C8H12F2O2. The van der Waals surface area contributed by atoms with Crippen molar-refractivity contribution in [3.05, 3.63) is 12.3 Å². The fraction of sp³-hybridized carbons (Fsp3) is 0.625. The van der Waals surface area contributed by atoms with Crippen LogP contribution in [-0.4, -0.2) is 18.8 Å². The molecule has 0 aromatic carbocycles. The highest BCUT2D eigenvalue weighted by Gasteiger charge is 2.10. The number of rotatable bonds is 6. The second-order valence-electron chi connectivity index (χ2n) is 2.23. The molecule has 0 N–H and O–H groups in total. The van der Waals surface area contributed by atoms with E-state index in [-0.39, 0.29) is 0 Å². The third kappa shape index (κ3) is 5.82. The summed E-state index contributed by atoms with van der Waals surface area (Å²) in [5.41, 5.74) is 0. The molecule has 0 atom stereocenters. The Morgan fingerprint density at radius 2 is 2.25 bits per heavy atom. The van der Waals surface area contributed by atoms with Crippen molar-refractivity contribution in [1.29, 1.82) is 0 Å². The molecule has 0 aromatic rings. The maximum atomic E-state index is 11.5. The molecule has 0 saturated heterocycles. The summed E-state index contributed by atoms with van der Waals surface area (Å²) in [6.07, 6.45) is 0.657. The number of hydrogen-bond acceptors (Lipinski definition) is 2. The Balaban J connectivity index is 3.42. The zero-order valence-corrected chi connectivity index (χ0v) is 6.93. The number of ketones is 1. The van der Waals surface area contributed by atoms with Gasteiger partial charge in [-0.15, -0.1) is 0 Å². The number of hydrogen-bond donors (Lipinski definition) is 0. The van der Waals surface area contributed by atoms with E-state index in [1.807, 2.05) is 6.92 Å². The van der Waals surface area contributed by atoms with E-state index in [2.05, 4.69) is 0 Å². The first-order chi connectivity index (χ1) is 5.68. The van der Waals surface area contributed by atoms with Crippen LogP contribution >= 0.6 is 0 Å². The minimum atomic E-state index is -2.93. The Morgan fingerprint density at radius 1 is 1.58 bits per heavy atom. The highest BCUT2D eigenvalue weighted by atomic mass is 19.3. The normalized spacial score (nSPS) is 11.0. The molecule has 0 fully saturated rings. The fourth-order valence-electron chi connectivity index (χ4n) is 0.484. The minimum absolute atomic E-state index is 0.462. The molecule has 0 amide bonds. The van der Waals surface area contributed by atoms with Crippen LogP contribution in [0.25, 0.3) is 0 Å². The van der Waals surface area contributed by atoms with Gasteiger partial charge in [-0.1, -0.05) is 13.3 Å². The fourth-order valence-corrected chi connectivity index (χ4v) is 0.484. The molecule has 0 aliphatic rings. The largest absolute Gasteiger partial charge is 0.501 e. The molecule has 0 bridgehead atoms. The maximum absolute atomic E-state index is 11.5. The predicted octanol–water partition coefficient (Wildman–Crippen LogP) is 2.15. The van der Waals surface area contributed by atoms with Crippen molar-refractivity contribution in [1.82, 2.24) is 0 Å². The second-order valence-corrected chi connectivity index (χ2v) is 2.23. The smallest absolute Gasteiger partial charge is 0.300 e. The van der Waals surface area contributed by atoms with Gasteiger partial charge in [-0.3, -0.25) is 4.79 Å². The molecule has 0 aliphatic carbocycles. The van der Waals surface area contributed by atoms with Crippen molar-refractivity contribution >= 4 is 5.78 Å². The van der Waals surface area contributed by atoms with Gasteiger partial charge in [0.2, 0.25) is 5.78 Å². The summed E-state index contributed by atoms with van der Waals surface area (Å²) in [6.45, 7) is 2.45. The van der Waals surface area contributed by atoms with Gasteiger partial charge in [-0.05, 0) is 6.42 Å². The molecule has 70 valence electrons. The quantitative estimate of drug-likeness (QED) is 0.354. The van der Waals surface area contributed by atoms with E-state index < -0.39 is 12.2 Å². The number of halogens is 2. The van der Waals surface area contributed by atoms with E-state index >= 15 is 0 Å². The van der Waals surface area contributed by atoms with Crippen molar-refractivity contribution in [3.63, 3.8) is 0 Å². The average Bonchev–Trinajstić information content (AvgIpc) is 2.03. The first kappa shape index (κ1) is 11.1. The van der Waals surface area contributed by atoms with Crippen LogP contribution in [0.3, 0.4) is 0 Å². The third-order valence-corrected chi connectivity index (χ3v) is 1.16. The van der Waals surface area contributed by atoms with Crippen molar-refractivity contribution in [2.45, 2.75) is 26.2 Å². The van der Waals surface area contributed by atoms with E-state index in [0.717, 1.165) is 25.2 Å². The summed E-state index contributed by atoms with van der Waals surface area (Å²) in [6, 6.07) is 0. The monoisotopic (exact) mass is 178 g/mol. The average molecular weight is 178 g/mol. The van der Waals surface area contributed by atoms with E-state index in [9.17, 15) is 13.6 Å². The lowest BCUT2D eigenvalue weighted by molar-refractivity contribution is -0.124. The Kier molecular flexibility index (Phi) is 6.24. The summed E-state index contributed by atoms with van der Waals surface area (Å²) in [4.78, 5) is 10.3. The van der Waals surface area contributed by atoms with Gasteiger partial charge in [-0.25, -0.2) is 8.78 Å². The molecule has 12 heavy (non-hydrogen) atoms. The van der Waals surface area contributed by atoms with Crippen LogP contribution in [0.15, 0.2) is 12.3 Å². The third-order valence-electron chi connectivity index (χ3n) is 1.16. The highest BCUT2D eigenvalue weighted by Crippen LogP contribution is 1.95. The zero-order chi connectivity index (χ0) is 9.40. The lowest BCUT2D eigenvalue weighted by atomic mass is 10.4. The van der Waals surface area contributed by atoms with Gasteiger partial charge >= 0.3 is 0 Å². The van der Waals surface area contributed by atoms with Crippen molar-refractivity contribution in [3.8, 4) is 0 Å². The summed E-state index contributed by atoms with van der Waals surface area (Å²) in [7, 11) is 0. The molecule has 0 saturated carbocycles. The number of unbranched alkanes of at least 4 members (excludes halogenated alkanes) is 1. The molecular weight excluding hydrogens is 166 g/mol. The minimum Gasteiger partial charge on any atom is -0.501 e. The molecule has 0 aromatic heterocycles. The SMILES string of the molecule is CCCCOC=CC(=O)C(F)F. The van der Waals surface area contributed by atoms with Crippen LogP contribution < -0.4 is 0 Å². The van der Waals surface area contributed by atoms with Crippen LogP contribution in [0.4, 0.5) is 8.78 Å². The van der Waals surface area contributed by atoms with Gasteiger partial charge in [0.25, 0.3) is 6.43 Å². The van der Waals surface area contributed by atoms with E-state index in [1.54, 1.807) is 0 Å². The Morgan fingerprint density at radius 3 is 2.75 bits per heavy atom. The van der Waals surface area contributed by atoms with Gasteiger partial charge in [0.05, 0.1) is 12.9 Å². The molecule has 4 heteroatoms. The van der Waals surface area contributed by atoms with Crippen LogP contribution in [0, 0.1) is 0 Å². The Hall–Kier alpha value is -0.930. The molecule has 0 heterocycles. The molecule has 0 unspecified atom stereocenters. The van der Waals surface area contributed by atoms with Crippen LogP contribution in [0.1, 0.15) is 19.8 Å². The first-order valence-electron chi connectivity index (χ1n) is 3.78. The van der Waals surface area contributed by atoms with E-state index in [0.29, 0.717) is 6.61 Å². The molecule has 0 spiro atoms. The van der Waals surface area contributed by atoms with Crippen molar-refractivity contribution < 1.29 is 18.3 Å². The number of carbonyl (C=O) groups is 1. The van der Waals surface area contributed by atoms with Gasteiger partial charge in [-0.2, -0.15) is 0 Å². The van der Waals surface area contributed by atoms with Gasteiger partial charge < -0.3 is 4.74 Å². The molecule has 0 rings (SSSR count). The first-order valence-corrected chi connectivity index (χ1v) is 3.78. The summed E-state index contributed by atoms with van der Waals surface area (Å²) >= 11 is 0. The van der Waals surface area contributed by atoms with Crippen LogP contribution in [-0.2, 0) is 9.53 Å². The van der Waals surface area contributed by atoms with Crippen LogP contribution in [0.5, 0.6) is 0 Å². The second kappa shape index (κ2) is 6.76. The molecule has 2 nitrogen and oxygen atoms in total. The van der Waals surface area contributed by atoms with E-state index in [1.165, 1.54) is 0 Å². The highest BCUT2D eigenvalue weighted by molar-refractivity contribution is 5.91. The number of allylic oxidation sites excluding steroid dienone is 1. The number of alkyl halides is 2. The topological polar surface area (TPSA) is 26.3 Å². The molecule has 0 aliphatic heterocycles. The lowest BCUT2D eigenvalue weighted by Crippen LogP contribution is -2.05. The standard InChI is InChI=1S/C8H12F2O2/c1-2-3-5-12-6-4-7(11)8(9)10/h4,6,8H,2-3,5H2,1H3. The Bertz CT molecular complexity index is 155. The summed E-state index contributed by atoms with van der Waals surface area (Å²) in [5, 5.41) is 0. The Labute approximate surface area is 70.2 Å². The maximum Gasteiger partial charge on any atom is 0.300 e. The molecule has 0 radical (unpaired) electrons. The lowest BCUT2D eigenvalue weighted by Gasteiger charge is -1.96. The van der Waals surface area contributed by atoms with Crippen molar-refractivity contribution in [2.75, 3.05) is 6.61 Å². The van der Waals surface area contributed by atoms with Crippen LogP contribution in [0.2, 0.25) is 0 Å². The number of ether oxygens (including phenoxy) is 1. The number of carbonyl (C=O) groups excluding carboxylic acids is 1. The summed E-state index contributed by atoms with van der Waals surface area (Å²) in [5.74, 6) is -1.22. The van der Waals surface area contributed by atoms with Crippen molar-refractivity contribution in [2.24, 2.45) is 0 Å². The van der Waals surface area contributed by atoms with Gasteiger partial charge in [0, 0.05) is 6.08 Å². The van der Waals surface area contributed by atoms with Gasteiger partial charge in [0.1, 0.15) is 0 Å². The zero-order valence-electron chi connectivity index (χ0n) is 6.93. The predicted molar refractivity (Wildman–Crippen MR) is 41.0 cm³/mol. The van der Waals surface area contributed by atoms with E-state index in [4.69, 9.17) is 4.74 Å². The van der Waals surface area contributed by atoms with Gasteiger partial charge in [0.15, 0.2) is 0 Å². The summed E-state index contributed by atoms with van der Waals surface area (Å²) < 4.78 is 27.9.